The van der Waals surface area contributed by atoms with Crippen LogP contribution in [0.4, 0.5) is 20.6 Å². The number of tetrazole rings is 1. The van der Waals surface area contributed by atoms with E-state index in [1.165, 1.54) is 17.9 Å². The molecule has 1 aromatic carbocycles. The maximum absolute atomic E-state index is 14.9. The van der Waals surface area contributed by atoms with Gasteiger partial charge in [0.15, 0.2) is 5.82 Å². The third-order valence-corrected chi connectivity index (χ3v) is 5.55. The first kappa shape index (κ1) is 20.0. The maximum atomic E-state index is 14.9. The van der Waals surface area contributed by atoms with Crippen LogP contribution < -0.4 is 15.1 Å². The van der Waals surface area contributed by atoms with Gasteiger partial charge in [0.05, 0.1) is 24.5 Å². The number of aromatic nitrogens is 4. The van der Waals surface area contributed by atoms with Crippen LogP contribution in [-0.4, -0.2) is 64.5 Å². The highest BCUT2D eigenvalue weighted by atomic mass is 19.1. The molecule has 1 atom stereocenters. The third kappa shape index (κ3) is 4.05. The van der Waals surface area contributed by atoms with Gasteiger partial charge in [0.2, 0.25) is 5.91 Å². The van der Waals surface area contributed by atoms with Gasteiger partial charge in [-0.3, -0.25) is 9.69 Å². The molecular weight excluding hydrogens is 393 g/mol. The van der Waals surface area contributed by atoms with E-state index in [9.17, 15) is 14.0 Å². The van der Waals surface area contributed by atoms with Gasteiger partial charge in [0.25, 0.3) is 0 Å². The summed E-state index contributed by atoms with van der Waals surface area (Å²) < 4.78 is 21.8. The van der Waals surface area contributed by atoms with Crippen molar-refractivity contribution in [3.8, 4) is 0 Å². The first-order valence-electron chi connectivity index (χ1n) is 9.91. The topological polar surface area (TPSA) is 105 Å². The van der Waals surface area contributed by atoms with E-state index in [1.54, 1.807) is 16.8 Å². The van der Waals surface area contributed by atoms with Crippen LogP contribution in [0.1, 0.15) is 31.5 Å². The standard InChI is InChI=1S/C19H24FN7O3/c1-12(28)21-10-15-11-27(19(29)30-15)14-3-4-17(16(20)9-14)26-7-5-13(6-8-26)18-22-23-24-25(18)2/h3-4,9,13,15H,5-8,10-11H2,1-2H3,(H,21,28)/t15-/m0/s1. The molecule has 2 saturated heterocycles. The number of carbonyl (C=O) groups excluding carboxylic acids is 2. The molecule has 0 radical (unpaired) electrons. The number of nitrogens with zero attached hydrogens (tertiary/aromatic N) is 6. The molecule has 0 saturated carbocycles. The molecular formula is C19H24FN7O3. The fourth-order valence-corrected chi connectivity index (χ4v) is 3.98. The molecule has 0 unspecified atom stereocenters. The fourth-order valence-electron chi connectivity index (χ4n) is 3.98. The number of hydrogen-bond acceptors (Lipinski definition) is 7. The molecule has 10 nitrogen and oxygen atoms in total. The van der Waals surface area contributed by atoms with Crippen molar-refractivity contribution in [2.45, 2.75) is 31.8 Å². The quantitative estimate of drug-likeness (QED) is 0.779. The van der Waals surface area contributed by atoms with E-state index in [1.807, 2.05) is 11.9 Å². The summed E-state index contributed by atoms with van der Waals surface area (Å²) in [6.45, 7) is 3.27. The molecule has 2 aliphatic heterocycles. The molecule has 3 heterocycles. The van der Waals surface area contributed by atoms with Gasteiger partial charge >= 0.3 is 6.09 Å². The molecule has 11 heteroatoms. The second kappa shape index (κ2) is 8.25. The Morgan fingerprint density at radius 3 is 2.73 bits per heavy atom. The summed E-state index contributed by atoms with van der Waals surface area (Å²) in [6, 6.07) is 4.78. The van der Waals surface area contributed by atoms with Gasteiger partial charge in [0, 0.05) is 33.0 Å². The Balaban J connectivity index is 1.40. The molecule has 1 aromatic heterocycles. The first-order chi connectivity index (χ1) is 14.4. The van der Waals surface area contributed by atoms with Gasteiger partial charge in [-0.2, -0.15) is 0 Å². The van der Waals surface area contributed by atoms with Crippen LogP contribution in [0, 0.1) is 5.82 Å². The number of piperidine rings is 1. The minimum atomic E-state index is -0.546. The predicted octanol–water partition coefficient (Wildman–Crippen LogP) is 1.19. The minimum Gasteiger partial charge on any atom is -0.442 e. The summed E-state index contributed by atoms with van der Waals surface area (Å²) in [6.07, 6.45) is 0.658. The lowest BCUT2D eigenvalue weighted by Crippen LogP contribution is -2.34. The Kier molecular flexibility index (Phi) is 5.51. The van der Waals surface area contributed by atoms with Crippen LogP contribution >= 0.6 is 0 Å². The van der Waals surface area contributed by atoms with Crippen LogP contribution in [0.3, 0.4) is 0 Å². The van der Waals surface area contributed by atoms with Crippen molar-refractivity contribution in [3.05, 3.63) is 29.8 Å². The Bertz CT molecular complexity index is 942. The van der Waals surface area contributed by atoms with Gasteiger partial charge in [-0.1, -0.05) is 0 Å². The number of carbonyl (C=O) groups is 2. The average Bonchev–Trinajstić information content (AvgIpc) is 3.32. The highest BCUT2D eigenvalue weighted by Crippen LogP contribution is 2.32. The van der Waals surface area contributed by atoms with Crippen LogP contribution in [0.2, 0.25) is 0 Å². The number of nitrogens with one attached hydrogen (secondary N) is 1. The molecule has 4 rings (SSSR count). The first-order valence-corrected chi connectivity index (χ1v) is 9.91. The number of amides is 2. The van der Waals surface area contributed by atoms with Crippen molar-refractivity contribution in [1.82, 2.24) is 25.5 Å². The van der Waals surface area contributed by atoms with Crippen LogP contribution in [0.15, 0.2) is 18.2 Å². The van der Waals surface area contributed by atoms with E-state index in [4.69, 9.17) is 4.74 Å². The third-order valence-electron chi connectivity index (χ3n) is 5.55. The van der Waals surface area contributed by atoms with Gasteiger partial charge in [-0.15, -0.1) is 5.10 Å². The van der Waals surface area contributed by atoms with Gasteiger partial charge in [0.1, 0.15) is 11.9 Å². The monoisotopic (exact) mass is 417 g/mol. The molecule has 0 spiro atoms. The maximum Gasteiger partial charge on any atom is 0.414 e. The molecule has 30 heavy (non-hydrogen) atoms. The van der Waals surface area contributed by atoms with Crippen molar-refractivity contribution in [3.63, 3.8) is 0 Å². The molecule has 2 aliphatic rings. The zero-order valence-electron chi connectivity index (χ0n) is 16.9. The lowest BCUT2D eigenvalue weighted by Gasteiger charge is -2.33. The lowest BCUT2D eigenvalue weighted by molar-refractivity contribution is -0.119. The molecule has 2 fully saturated rings. The molecule has 2 aromatic rings. The predicted molar refractivity (Wildman–Crippen MR) is 106 cm³/mol. The van der Waals surface area contributed by atoms with E-state index in [0.29, 0.717) is 24.5 Å². The van der Waals surface area contributed by atoms with Gasteiger partial charge in [-0.25, -0.2) is 13.9 Å². The van der Waals surface area contributed by atoms with E-state index in [2.05, 4.69) is 20.8 Å². The number of benzene rings is 1. The second-order valence-corrected chi connectivity index (χ2v) is 7.61. The van der Waals surface area contributed by atoms with Crippen molar-refractivity contribution < 1.29 is 18.7 Å². The number of hydrogen-bond donors (Lipinski definition) is 1. The van der Waals surface area contributed by atoms with Crippen molar-refractivity contribution in [2.24, 2.45) is 7.05 Å². The van der Waals surface area contributed by atoms with E-state index in [-0.39, 0.29) is 30.7 Å². The Hall–Kier alpha value is -3.24. The van der Waals surface area contributed by atoms with E-state index < -0.39 is 12.2 Å². The smallest absolute Gasteiger partial charge is 0.414 e. The van der Waals surface area contributed by atoms with Crippen LogP contribution in [0.5, 0.6) is 0 Å². The second-order valence-electron chi connectivity index (χ2n) is 7.61. The number of cyclic esters (lactones) is 1. The Morgan fingerprint density at radius 1 is 1.33 bits per heavy atom. The van der Waals surface area contributed by atoms with E-state index >= 15 is 0 Å². The van der Waals surface area contributed by atoms with Crippen molar-refractivity contribution >= 4 is 23.4 Å². The number of halogens is 1. The normalized spacial score (nSPS) is 19.8. The Morgan fingerprint density at radius 2 is 2.10 bits per heavy atom. The average molecular weight is 417 g/mol. The number of rotatable bonds is 5. The van der Waals surface area contributed by atoms with Crippen molar-refractivity contribution in [1.29, 1.82) is 0 Å². The van der Waals surface area contributed by atoms with Crippen molar-refractivity contribution in [2.75, 3.05) is 36.0 Å². The zero-order chi connectivity index (χ0) is 21.3. The largest absolute Gasteiger partial charge is 0.442 e. The summed E-state index contributed by atoms with van der Waals surface area (Å²) in [5.74, 6) is 0.527. The molecule has 0 bridgehead atoms. The van der Waals surface area contributed by atoms with Gasteiger partial charge < -0.3 is 15.0 Å². The van der Waals surface area contributed by atoms with E-state index in [0.717, 1.165) is 18.7 Å². The molecule has 0 aliphatic carbocycles. The summed E-state index contributed by atoms with van der Waals surface area (Å²) in [5.41, 5.74) is 0.947. The van der Waals surface area contributed by atoms with Crippen LogP contribution in [0.25, 0.3) is 0 Å². The molecule has 2 amide bonds. The summed E-state index contributed by atoms with van der Waals surface area (Å²) in [7, 11) is 1.82. The number of ether oxygens (including phenoxy) is 1. The minimum absolute atomic E-state index is 0.195. The number of anilines is 2. The molecule has 160 valence electrons. The summed E-state index contributed by atoms with van der Waals surface area (Å²) in [4.78, 5) is 26.6. The summed E-state index contributed by atoms with van der Waals surface area (Å²) in [5, 5.41) is 14.3. The number of aryl methyl sites for hydroxylation is 1. The highest BCUT2D eigenvalue weighted by Gasteiger charge is 2.33. The SMILES string of the molecule is CC(=O)NC[C@H]1CN(c2ccc(N3CCC(c4nnnn4C)CC3)c(F)c2)C(=O)O1. The highest BCUT2D eigenvalue weighted by molar-refractivity contribution is 5.90. The lowest BCUT2D eigenvalue weighted by atomic mass is 9.95. The molecule has 1 N–H and O–H groups in total. The summed E-state index contributed by atoms with van der Waals surface area (Å²) >= 11 is 0. The van der Waals surface area contributed by atoms with Crippen LogP contribution in [-0.2, 0) is 16.6 Å². The Labute approximate surface area is 173 Å². The zero-order valence-corrected chi connectivity index (χ0v) is 16.9. The van der Waals surface area contributed by atoms with Gasteiger partial charge in [-0.05, 0) is 41.5 Å². The fraction of sp³-hybridized carbons (Fsp3) is 0.526.